The molecule has 0 aliphatic rings. The molecule has 2 N–H and O–H groups in total. The summed E-state index contributed by atoms with van der Waals surface area (Å²) in [7, 11) is 2.19. The third-order valence-corrected chi connectivity index (χ3v) is 4.07. The second-order valence-electron chi connectivity index (χ2n) is 5.66. The predicted octanol–water partition coefficient (Wildman–Crippen LogP) is 3.34. The number of nitrogens with two attached hydrogens (primary N) is 1. The monoisotopic (exact) mass is 248 g/mol. The third kappa shape index (κ3) is 3.26. The highest BCUT2D eigenvalue weighted by molar-refractivity contribution is 5.63. The number of nitrogens with zero attached hydrogens (tertiary/aromatic N) is 1. The van der Waals surface area contributed by atoms with Crippen LogP contribution in [-0.4, -0.2) is 20.1 Å². The van der Waals surface area contributed by atoms with Gasteiger partial charge in [-0.15, -0.1) is 0 Å². The molecule has 0 aliphatic heterocycles. The van der Waals surface area contributed by atoms with E-state index in [1.54, 1.807) is 0 Å². The van der Waals surface area contributed by atoms with Crippen LogP contribution < -0.4 is 10.6 Å². The van der Waals surface area contributed by atoms with E-state index < -0.39 is 0 Å². The molecule has 1 atom stereocenters. The fraction of sp³-hybridized carbons (Fsp3) is 0.625. The lowest BCUT2D eigenvalue weighted by Gasteiger charge is -2.27. The van der Waals surface area contributed by atoms with E-state index in [1.165, 1.54) is 27.9 Å². The Morgan fingerprint density at radius 3 is 2.06 bits per heavy atom. The summed E-state index contributed by atoms with van der Waals surface area (Å²) in [6, 6.07) is 2.28. The topological polar surface area (TPSA) is 29.3 Å². The van der Waals surface area contributed by atoms with E-state index in [-0.39, 0.29) is 0 Å². The summed E-state index contributed by atoms with van der Waals surface area (Å²) >= 11 is 0. The fourth-order valence-corrected chi connectivity index (χ4v) is 2.41. The molecular formula is C16H28N2. The van der Waals surface area contributed by atoms with Crippen molar-refractivity contribution in [2.45, 2.75) is 41.0 Å². The van der Waals surface area contributed by atoms with Crippen LogP contribution in [0.4, 0.5) is 5.69 Å². The first-order chi connectivity index (χ1) is 8.38. The van der Waals surface area contributed by atoms with Crippen LogP contribution in [0, 0.1) is 33.6 Å². The van der Waals surface area contributed by atoms with Gasteiger partial charge in [-0.3, -0.25) is 0 Å². The molecule has 0 radical (unpaired) electrons. The SMILES string of the molecule is Cc1cc(C)c(C)c(N(C)CCC(C)CN)c1C. The van der Waals surface area contributed by atoms with Gasteiger partial charge in [-0.1, -0.05) is 13.0 Å². The second-order valence-corrected chi connectivity index (χ2v) is 5.66. The van der Waals surface area contributed by atoms with Gasteiger partial charge in [0.1, 0.15) is 0 Å². The zero-order valence-corrected chi connectivity index (χ0v) is 12.8. The number of anilines is 1. The van der Waals surface area contributed by atoms with Crippen molar-refractivity contribution in [2.75, 3.05) is 25.0 Å². The molecule has 2 nitrogen and oxygen atoms in total. The summed E-state index contributed by atoms with van der Waals surface area (Å²) in [6.07, 6.45) is 1.15. The first kappa shape index (κ1) is 15.0. The molecule has 0 spiro atoms. The number of rotatable bonds is 5. The molecule has 0 fully saturated rings. The van der Waals surface area contributed by atoms with Crippen molar-refractivity contribution >= 4 is 5.69 Å². The fourth-order valence-electron chi connectivity index (χ4n) is 2.41. The first-order valence-corrected chi connectivity index (χ1v) is 6.87. The minimum Gasteiger partial charge on any atom is -0.374 e. The highest BCUT2D eigenvalue weighted by atomic mass is 15.1. The van der Waals surface area contributed by atoms with Gasteiger partial charge >= 0.3 is 0 Å². The Morgan fingerprint density at radius 2 is 1.61 bits per heavy atom. The highest BCUT2D eigenvalue weighted by Gasteiger charge is 2.13. The van der Waals surface area contributed by atoms with Crippen molar-refractivity contribution in [3.05, 3.63) is 28.3 Å². The number of benzene rings is 1. The van der Waals surface area contributed by atoms with Crippen molar-refractivity contribution in [1.29, 1.82) is 0 Å². The van der Waals surface area contributed by atoms with Crippen molar-refractivity contribution in [2.24, 2.45) is 11.7 Å². The molecule has 0 aliphatic carbocycles. The smallest absolute Gasteiger partial charge is 0.0428 e. The average molecular weight is 248 g/mol. The Hall–Kier alpha value is -1.02. The molecule has 102 valence electrons. The van der Waals surface area contributed by atoms with Crippen molar-refractivity contribution in [1.82, 2.24) is 0 Å². The van der Waals surface area contributed by atoms with Crippen molar-refractivity contribution in [3.8, 4) is 0 Å². The lowest BCUT2D eigenvalue weighted by molar-refractivity contribution is 0.544. The summed E-state index contributed by atoms with van der Waals surface area (Å²) in [5.41, 5.74) is 12.7. The molecule has 18 heavy (non-hydrogen) atoms. The summed E-state index contributed by atoms with van der Waals surface area (Å²) in [4.78, 5) is 2.39. The summed E-state index contributed by atoms with van der Waals surface area (Å²) < 4.78 is 0. The Bertz CT molecular complexity index is 384. The van der Waals surface area contributed by atoms with Crippen molar-refractivity contribution in [3.63, 3.8) is 0 Å². The summed E-state index contributed by atoms with van der Waals surface area (Å²) in [6.45, 7) is 12.9. The largest absolute Gasteiger partial charge is 0.374 e. The zero-order valence-electron chi connectivity index (χ0n) is 12.8. The third-order valence-electron chi connectivity index (χ3n) is 4.07. The molecule has 0 bridgehead atoms. The Balaban J connectivity index is 2.94. The Morgan fingerprint density at radius 1 is 1.11 bits per heavy atom. The molecular weight excluding hydrogens is 220 g/mol. The lowest BCUT2D eigenvalue weighted by atomic mass is 9.97. The van der Waals surface area contributed by atoms with Gasteiger partial charge in [0.2, 0.25) is 0 Å². The van der Waals surface area contributed by atoms with E-state index in [9.17, 15) is 0 Å². The van der Waals surface area contributed by atoms with E-state index in [0.717, 1.165) is 19.5 Å². The maximum absolute atomic E-state index is 5.69. The molecule has 1 unspecified atom stereocenters. The van der Waals surface area contributed by atoms with Gasteiger partial charge < -0.3 is 10.6 Å². The van der Waals surface area contributed by atoms with Gasteiger partial charge in [-0.25, -0.2) is 0 Å². The molecule has 1 aromatic rings. The molecule has 0 saturated carbocycles. The molecule has 0 amide bonds. The molecule has 2 heteroatoms. The van der Waals surface area contributed by atoms with E-state index in [2.05, 4.69) is 52.6 Å². The summed E-state index contributed by atoms with van der Waals surface area (Å²) in [5.74, 6) is 0.596. The van der Waals surface area contributed by atoms with Gasteiger partial charge in [0, 0.05) is 19.3 Å². The molecule has 0 saturated heterocycles. The number of aryl methyl sites for hydroxylation is 2. The van der Waals surface area contributed by atoms with Crippen LogP contribution in [0.3, 0.4) is 0 Å². The van der Waals surface area contributed by atoms with Gasteiger partial charge in [-0.05, 0) is 68.8 Å². The van der Waals surface area contributed by atoms with E-state index >= 15 is 0 Å². The van der Waals surface area contributed by atoms with Crippen LogP contribution in [0.25, 0.3) is 0 Å². The molecule has 0 heterocycles. The quantitative estimate of drug-likeness (QED) is 0.866. The molecule has 0 aromatic heterocycles. The highest BCUT2D eigenvalue weighted by Crippen LogP contribution is 2.29. The molecule has 1 rings (SSSR count). The molecule has 1 aromatic carbocycles. The van der Waals surface area contributed by atoms with Crippen LogP contribution in [0.5, 0.6) is 0 Å². The maximum Gasteiger partial charge on any atom is 0.0428 e. The predicted molar refractivity (Wildman–Crippen MR) is 81.5 cm³/mol. The average Bonchev–Trinajstić information content (AvgIpc) is 2.33. The van der Waals surface area contributed by atoms with Crippen molar-refractivity contribution < 1.29 is 0 Å². The minimum absolute atomic E-state index is 0.596. The van der Waals surface area contributed by atoms with Crippen LogP contribution in [0.2, 0.25) is 0 Å². The van der Waals surface area contributed by atoms with Crippen LogP contribution in [0.1, 0.15) is 35.6 Å². The van der Waals surface area contributed by atoms with Gasteiger partial charge in [-0.2, -0.15) is 0 Å². The van der Waals surface area contributed by atoms with Crippen LogP contribution in [0.15, 0.2) is 6.07 Å². The van der Waals surface area contributed by atoms with E-state index in [1.807, 2.05) is 0 Å². The second kappa shape index (κ2) is 6.24. The standard InChI is InChI=1S/C16H28N2/c1-11(10-17)7-8-18(6)16-14(4)12(2)9-13(3)15(16)5/h9,11H,7-8,10,17H2,1-6H3. The van der Waals surface area contributed by atoms with Gasteiger partial charge in [0.25, 0.3) is 0 Å². The van der Waals surface area contributed by atoms with E-state index in [4.69, 9.17) is 5.73 Å². The van der Waals surface area contributed by atoms with Crippen LogP contribution in [-0.2, 0) is 0 Å². The number of hydrogen-bond acceptors (Lipinski definition) is 2. The number of hydrogen-bond donors (Lipinski definition) is 1. The van der Waals surface area contributed by atoms with Gasteiger partial charge in [0.15, 0.2) is 0 Å². The van der Waals surface area contributed by atoms with Gasteiger partial charge in [0.05, 0.1) is 0 Å². The Kier molecular flexibility index (Phi) is 5.21. The van der Waals surface area contributed by atoms with Crippen LogP contribution >= 0.6 is 0 Å². The van der Waals surface area contributed by atoms with E-state index in [0.29, 0.717) is 5.92 Å². The zero-order chi connectivity index (χ0) is 13.9. The first-order valence-electron chi connectivity index (χ1n) is 6.87. The minimum atomic E-state index is 0.596. The normalized spacial score (nSPS) is 12.6. The lowest BCUT2D eigenvalue weighted by Crippen LogP contribution is -2.24. The summed E-state index contributed by atoms with van der Waals surface area (Å²) in [5, 5.41) is 0. The maximum atomic E-state index is 5.69. The Labute approximate surface area is 112 Å².